The molecule has 2 aliphatic rings. The molecule has 1 aliphatic carbocycles. The number of aromatic nitrogens is 2. The number of fused-ring (bicyclic) bond motifs is 1. The van der Waals surface area contributed by atoms with E-state index < -0.39 is 0 Å². The number of amides is 1. The second-order valence-corrected chi connectivity index (χ2v) is 6.75. The molecule has 0 radical (unpaired) electrons. The van der Waals surface area contributed by atoms with E-state index in [0.29, 0.717) is 24.9 Å². The highest BCUT2D eigenvalue weighted by molar-refractivity contribution is 5.76. The third-order valence-electron chi connectivity index (χ3n) is 5.09. The third kappa shape index (κ3) is 3.43. The van der Waals surface area contributed by atoms with Crippen molar-refractivity contribution in [3.63, 3.8) is 0 Å². The predicted molar refractivity (Wildman–Crippen MR) is 86.1 cm³/mol. The normalized spacial score (nSPS) is 29.2. The zero-order valence-electron chi connectivity index (χ0n) is 14.2. The number of carbonyl (C=O) groups is 1. The van der Waals surface area contributed by atoms with Crippen LogP contribution in [0.5, 0.6) is 0 Å². The van der Waals surface area contributed by atoms with E-state index >= 15 is 0 Å². The lowest BCUT2D eigenvalue weighted by atomic mass is 9.67. The van der Waals surface area contributed by atoms with Crippen molar-refractivity contribution in [3.8, 4) is 0 Å². The molecule has 1 aliphatic heterocycles. The number of nitrogens with one attached hydrogen (secondary N) is 1. The Balaban J connectivity index is 1.44. The van der Waals surface area contributed by atoms with Gasteiger partial charge in [0.15, 0.2) is 0 Å². The number of carbonyl (C=O) groups excluding carboxylic acids is 1. The van der Waals surface area contributed by atoms with E-state index in [1.54, 1.807) is 7.11 Å². The molecule has 4 atom stereocenters. The summed E-state index contributed by atoms with van der Waals surface area (Å²) in [5.74, 6) is 0.894. The van der Waals surface area contributed by atoms with Crippen LogP contribution in [0.15, 0.2) is 6.07 Å². The summed E-state index contributed by atoms with van der Waals surface area (Å²) in [7, 11) is 1.70. The number of ether oxygens (including phenoxy) is 2. The number of nitrogens with zero attached hydrogens (tertiary/aromatic N) is 2. The van der Waals surface area contributed by atoms with Gasteiger partial charge in [-0.1, -0.05) is 0 Å². The first kappa shape index (κ1) is 16.5. The Bertz CT molecular complexity index is 557. The molecule has 1 aromatic heterocycles. The van der Waals surface area contributed by atoms with Crippen molar-refractivity contribution in [1.29, 1.82) is 0 Å². The molecular formula is C17H27N3O3. The predicted octanol–water partition coefficient (Wildman–Crippen LogP) is 1.45. The van der Waals surface area contributed by atoms with Gasteiger partial charge in [-0.2, -0.15) is 5.10 Å². The third-order valence-corrected chi connectivity index (χ3v) is 5.09. The fourth-order valence-electron chi connectivity index (χ4n) is 3.98. The fraction of sp³-hybridized carbons (Fsp3) is 0.765. The summed E-state index contributed by atoms with van der Waals surface area (Å²) in [6.45, 7) is 6.28. The maximum atomic E-state index is 12.2. The first-order valence-electron chi connectivity index (χ1n) is 8.51. The molecule has 1 N–H and O–H groups in total. The molecule has 1 amide bonds. The minimum atomic E-state index is 0.128. The van der Waals surface area contributed by atoms with Gasteiger partial charge in [0.25, 0.3) is 0 Å². The summed E-state index contributed by atoms with van der Waals surface area (Å²) in [6.07, 6.45) is 2.66. The average Bonchev–Trinajstić information content (AvgIpc) is 3.06. The van der Waals surface area contributed by atoms with E-state index in [2.05, 4.69) is 16.5 Å². The minimum Gasteiger partial charge on any atom is -0.384 e. The van der Waals surface area contributed by atoms with Crippen LogP contribution in [-0.4, -0.2) is 48.2 Å². The van der Waals surface area contributed by atoms with Crippen molar-refractivity contribution >= 4 is 5.91 Å². The topological polar surface area (TPSA) is 65.4 Å². The van der Waals surface area contributed by atoms with E-state index in [4.69, 9.17) is 9.47 Å². The van der Waals surface area contributed by atoms with Crippen LogP contribution in [0, 0.1) is 25.7 Å². The first-order valence-corrected chi connectivity index (χ1v) is 8.51. The summed E-state index contributed by atoms with van der Waals surface area (Å²) in [5, 5.41) is 7.63. The van der Waals surface area contributed by atoms with Gasteiger partial charge in [-0.3, -0.25) is 9.48 Å². The standard InChI is InChI=1S/C17H27N3O3/c1-11-9-12(2)20(19-11)7-4-5-15(21)18-16-13-6-8-23-17(13)14(16)10-22-3/h9,13-14,16-17H,4-8,10H2,1-3H3,(H,18,21)/t13-,14+,16+,17-/m0/s1. The van der Waals surface area contributed by atoms with Gasteiger partial charge in [0.2, 0.25) is 5.91 Å². The van der Waals surface area contributed by atoms with Crippen LogP contribution >= 0.6 is 0 Å². The molecule has 0 aromatic carbocycles. The summed E-state index contributed by atoms with van der Waals surface area (Å²) in [6, 6.07) is 2.27. The van der Waals surface area contributed by atoms with E-state index in [0.717, 1.165) is 37.4 Å². The highest BCUT2D eigenvalue weighted by Crippen LogP contribution is 2.43. The average molecular weight is 321 g/mol. The van der Waals surface area contributed by atoms with Gasteiger partial charge >= 0.3 is 0 Å². The Morgan fingerprint density at radius 1 is 1.52 bits per heavy atom. The zero-order valence-corrected chi connectivity index (χ0v) is 14.2. The number of hydrogen-bond donors (Lipinski definition) is 1. The van der Waals surface area contributed by atoms with Gasteiger partial charge in [-0.05, 0) is 32.8 Å². The Morgan fingerprint density at radius 3 is 3.04 bits per heavy atom. The second kappa shape index (κ2) is 7.01. The minimum absolute atomic E-state index is 0.128. The fourth-order valence-corrected chi connectivity index (χ4v) is 3.98. The van der Waals surface area contributed by atoms with Crippen LogP contribution < -0.4 is 5.32 Å². The van der Waals surface area contributed by atoms with Gasteiger partial charge in [-0.25, -0.2) is 0 Å². The van der Waals surface area contributed by atoms with E-state index in [-0.39, 0.29) is 18.1 Å². The maximum Gasteiger partial charge on any atom is 0.220 e. The molecule has 0 bridgehead atoms. The molecule has 0 unspecified atom stereocenters. The second-order valence-electron chi connectivity index (χ2n) is 6.75. The van der Waals surface area contributed by atoms with Gasteiger partial charge < -0.3 is 14.8 Å². The number of aryl methyl sites for hydroxylation is 3. The summed E-state index contributed by atoms with van der Waals surface area (Å²) in [5.41, 5.74) is 2.17. The van der Waals surface area contributed by atoms with Crippen molar-refractivity contribution in [2.75, 3.05) is 20.3 Å². The smallest absolute Gasteiger partial charge is 0.220 e. The Kier molecular flexibility index (Phi) is 5.02. The van der Waals surface area contributed by atoms with Gasteiger partial charge in [0.05, 0.1) is 18.4 Å². The first-order chi connectivity index (χ1) is 11.1. The molecule has 2 fully saturated rings. The Morgan fingerprint density at radius 2 is 2.35 bits per heavy atom. The molecule has 3 rings (SSSR count). The van der Waals surface area contributed by atoms with Crippen LogP contribution in [0.25, 0.3) is 0 Å². The lowest BCUT2D eigenvalue weighted by molar-refractivity contribution is -0.129. The molecule has 6 nitrogen and oxygen atoms in total. The number of rotatable bonds is 7. The van der Waals surface area contributed by atoms with Crippen molar-refractivity contribution in [1.82, 2.24) is 15.1 Å². The monoisotopic (exact) mass is 321 g/mol. The quantitative estimate of drug-likeness (QED) is 0.825. The summed E-state index contributed by atoms with van der Waals surface area (Å²) in [4.78, 5) is 12.2. The molecule has 128 valence electrons. The molecular weight excluding hydrogens is 294 g/mol. The lowest BCUT2D eigenvalue weighted by Gasteiger charge is -2.47. The molecule has 0 spiro atoms. The van der Waals surface area contributed by atoms with Gasteiger partial charge in [0.1, 0.15) is 0 Å². The van der Waals surface area contributed by atoms with Crippen LogP contribution in [-0.2, 0) is 20.8 Å². The van der Waals surface area contributed by atoms with Gasteiger partial charge in [-0.15, -0.1) is 0 Å². The lowest BCUT2D eigenvalue weighted by Crippen LogP contribution is -2.62. The number of hydrogen-bond acceptors (Lipinski definition) is 4. The van der Waals surface area contributed by atoms with E-state index in [9.17, 15) is 4.79 Å². The van der Waals surface area contributed by atoms with Crippen molar-refractivity contribution in [3.05, 3.63) is 17.5 Å². The van der Waals surface area contributed by atoms with Crippen molar-refractivity contribution in [2.45, 2.75) is 51.8 Å². The van der Waals surface area contributed by atoms with Gasteiger partial charge in [0, 0.05) is 50.3 Å². The highest BCUT2D eigenvalue weighted by atomic mass is 16.5. The van der Waals surface area contributed by atoms with Crippen LogP contribution in [0.1, 0.15) is 30.7 Å². The molecule has 1 aromatic rings. The largest absolute Gasteiger partial charge is 0.384 e. The maximum absolute atomic E-state index is 12.2. The van der Waals surface area contributed by atoms with Crippen molar-refractivity contribution in [2.24, 2.45) is 11.8 Å². The molecule has 1 saturated heterocycles. The van der Waals surface area contributed by atoms with E-state index in [1.165, 1.54) is 0 Å². The molecule has 2 heterocycles. The van der Waals surface area contributed by atoms with E-state index in [1.807, 2.05) is 18.5 Å². The van der Waals surface area contributed by atoms with Crippen LogP contribution in [0.3, 0.4) is 0 Å². The Hall–Kier alpha value is -1.40. The summed E-state index contributed by atoms with van der Waals surface area (Å²) >= 11 is 0. The number of methoxy groups -OCH3 is 1. The highest BCUT2D eigenvalue weighted by Gasteiger charge is 2.54. The van der Waals surface area contributed by atoms with Crippen LogP contribution in [0.2, 0.25) is 0 Å². The molecule has 23 heavy (non-hydrogen) atoms. The van der Waals surface area contributed by atoms with Crippen LogP contribution in [0.4, 0.5) is 0 Å². The SMILES string of the molecule is COC[C@@H]1[C@H](NC(=O)CCCn2nc(C)cc2C)[C@@H]2CCO[C@H]12. The molecule has 6 heteroatoms. The summed E-state index contributed by atoms with van der Waals surface area (Å²) < 4.78 is 13.0. The Labute approximate surface area is 137 Å². The molecule has 1 saturated carbocycles. The zero-order chi connectivity index (χ0) is 16.4. The van der Waals surface area contributed by atoms with Crippen molar-refractivity contribution < 1.29 is 14.3 Å².